The Kier molecular flexibility index (Phi) is 6.60. The molecule has 3 heterocycles. The topological polar surface area (TPSA) is 84.4 Å². The maximum Gasteiger partial charge on any atom is 0.240 e. The summed E-state index contributed by atoms with van der Waals surface area (Å²) in [6, 6.07) is 18.7. The third-order valence-electron chi connectivity index (χ3n) is 5.99. The third-order valence-corrected chi connectivity index (χ3v) is 8.40. The van der Waals surface area contributed by atoms with Gasteiger partial charge < -0.3 is 9.64 Å². The Hall–Kier alpha value is -2.85. The van der Waals surface area contributed by atoms with Crippen molar-refractivity contribution < 1.29 is 13.2 Å². The van der Waals surface area contributed by atoms with Crippen molar-refractivity contribution in [2.45, 2.75) is 30.4 Å². The number of nitrogens with one attached hydrogen (secondary N) is 1. The van der Waals surface area contributed by atoms with Crippen molar-refractivity contribution in [3.63, 3.8) is 0 Å². The van der Waals surface area contributed by atoms with Crippen molar-refractivity contribution in [2.75, 3.05) is 25.1 Å². The molecule has 0 spiro atoms. The Labute approximate surface area is 203 Å². The summed E-state index contributed by atoms with van der Waals surface area (Å²) < 4.78 is 33.7. The molecule has 1 aliphatic heterocycles. The molecule has 0 saturated carbocycles. The minimum atomic E-state index is -3.53. The van der Waals surface area contributed by atoms with Crippen LogP contribution in [-0.2, 0) is 21.4 Å². The van der Waals surface area contributed by atoms with Gasteiger partial charge in [0.1, 0.15) is 17.3 Å². The predicted octanol–water partition coefficient (Wildman–Crippen LogP) is 4.45. The number of ether oxygens (including phenoxy) is 1. The van der Waals surface area contributed by atoms with E-state index in [1.54, 1.807) is 42.7 Å². The summed E-state index contributed by atoms with van der Waals surface area (Å²) in [5, 5.41) is 3.18. The lowest BCUT2D eigenvalue weighted by Gasteiger charge is -2.33. The van der Waals surface area contributed by atoms with Crippen molar-refractivity contribution in [1.29, 1.82) is 0 Å². The van der Waals surface area contributed by atoms with E-state index in [2.05, 4.69) is 27.1 Å². The second-order valence-electron chi connectivity index (χ2n) is 8.29. The van der Waals surface area contributed by atoms with Crippen LogP contribution in [-0.4, -0.2) is 44.6 Å². The fraction of sp³-hybridized carbons (Fsp3) is 0.280. The summed E-state index contributed by atoms with van der Waals surface area (Å²) in [5.74, 6) is 1.54. The number of anilines is 1. The largest absolute Gasteiger partial charge is 0.377 e. The Morgan fingerprint density at radius 2 is 1.71 bits per heavy atom. The van der Waals surface area contributed by atoms with E-state index in [4.69, 9.17) is 14.7 Å². The lowest BCUT2D eigenvalue weighted by atomic mass is 10.0. The molecule has 7 nitrogen and oxygen atoms in total. The van der Waals surface area contributed by atoms with Gasteiger partial charge in [0, 0.05) is 37.2 Å². The SMILES string of the molecule is COCc1nc(N2CCC(NS(=O)(=O)c3ccccc3)CC2)c2c(-c3ccccc3)csc2n1. The first-order chi connectivity index (χ1) is 16.5. The number of hydrogen-bond donors (Lipinski definition) is 1. The molecule has 1 fully saturated rings. The Bertz CT molecular complexity index is 1370. The number of thiophene rings is 1. The van der Waals surface area contributed by atoms with E-state index in [0.717, 1.165) is 27.2 Å². The molecule has 1 N–H and O–H groups in total. The molecule has 34 heavy (non-hydrogen) atoms. The van der Waals surface area contributed by atoms with Crippen LogP contribution in [0.2, 0.25) is 0 Å². The highest BCUT2D eigenvalue weighted by Crippen LogP contribution is 2.39. The van der Waals surface area contributed by atoms with Crippen LogP contribution >= 0.6 is 11.3 Å². The summed E-state index contributed by atoms with van der Waals surface area (Å²) in [6.07, 6.45) is 1.39. The number of benzene rings is 2. The zero-order valence-electron chi connectivity index (χ0n) is 18.8. The molecule has 9 heteroatoms. The minimum Gasteiger partial charge on any atom is -0.377 e. The van der Waals surface area contributed by atoms with E-state index in [1.807, 2.05) is 24.3 Å². The van der Waals surface area contributed by atoms with Crippen molar-refractivity contribution in [1.82, 2.24) is 14.7 Å². The van der Waals surface area contributed by atoms with Gasteiger partial charge in [0.15, 0.2) is 5.82 Å². The number of hydrogen-bond acceptors (Lipinski definition) is 7. The van der Waals surface area contributed by atoms with Crippen LogP contribution in [0.25, 0.3) is 21.3 Å². The summed E-state index contributed by atoms with van der Waals surface area (Å²) >= 11 is 1.61. The molecule has 0 bridgehead atoms. The molecule has 0 radical (unpaired) electrons. The van der Waals surface area contributed by atoms with Crippen LogP contribution in [0, 0.1) is 0 Å². The molecular weight excluding hydrogens is 468 g/mol. The predicted molar refractivity (Wildman–Crippen MR) is 136 cm³/mol. The molecular formula is C25H26N4O3S2. The lowest BCUT2D eigenvalue weighted by Crippen LogP contribution is -2.45. The lowest BCUT2D eigenvalue weighted by molar-refractivity contribution is 0.178. The number of fused-ring (bicyclic) bond motifs is 1. The average Bonchev–Trinajstić information content (AvgIpc) is 3.29. The van der Waals surface area contributed by atoms with Gasteiger partial charge in [-0.2, -0.15) is 0 Å². The van der Waals surface area contributed by atoms with Gasteiger partial charge in [-0.05, 0) is 30.5 Å². The van der Waals surface area contributed by atoms with Crippen molar-refractivity contribution in [3.05, 3.63) is 71.9 Å². The highest BCUT2D eigenvalue weighted by molar-refractivity contribution is 7.89. The standard InChI is InChI=1S/C25H26N4O3S2/c1-32-16-22-26-24(23-21(17-33-25(23)27-22)18-8-4-2-5-9-18)29-14-12-19(13-15-29)28-34(30,31)20-10-6-3-7-11-20/h2-11,17,19,28H,12-16H2,1H3. The minimum absolute atomic E-state index is 0.117. The smallest absolute Gasteiger partial charge is 0.240 e. The Morgan fingerprint density at radius 3 is 2.38 bits per heavy atom. The summed E-state index contributed by atoms with van der Waals surface area (Å²) in [7, 11) is -1.89. The van der Waals surface area contributed by atoms with Crippen LogP contribution in [0.5, 0.6) is 0 Å². The van der Waals surface area contributed by atoms with Gasteiger partial charge in [0.2, 0.25) is 10.0 Å². The van der Waals surface area contributed by atoms with Gasteiger partial charge in [-0.25, -0.2) is 23.1 Å². The summed E-state index contributed by atoms with van der Waals surface area (Å²) in [5.41, 5.74) is 2.25. The quantitative estimate of drug-likeness (QED) is 0.409. The number of aromatic nitrogens is 2. The third kappa shape index (κ3) is 4.69. The molecule has 2 aromatic carbocycles. The monoisotopic (exact) mass is 494 g/mol. The molecule has 0 aliphatic carbocycles. The first-order valence-corrected chi connectivity index (χ1v) is 13.6. The van der Waals surface area contributed by atoms with Gasteiger partial charge in [0.25, 0.3) is 0 Å². The van der Waals surface area contributed by atoms with Crippen molar-refractivity contribution in [2.24, 2.45) is 0 Å². The molecule has 0 atom stereocenters. The molecule has 0 unspecified atom stereocenters. The number of methoxy groups -OCH3 is 1. The van der Waals surface area contributed by atoms with Crippen LogP contribution in [0.4, 0.5) is 5.82 Å². The molecule has 1 aliphatic rings. The fourth-order valence-electron chi connectivity index (χ4n) is 4.32. The van der Waals surface area contributed by atoms with E-state index < -0.39 is 10.0 Å². The maximum atomic E-state index is 12.8. The van der Waals surface area contributed by atoms with E-state index in [-0.39, 0.29) is 6.04 Å². The molecule has 1 saturated heterocycles. The van der Waals surface area contributed by atoms with Crippen LogP contribution in [0.3, 0.4) is 0 Å². The van der Waals surface area contributed by atoms with Crippen LogP contribution < -0.4 is 9.62 Å². The van der Waals surface area contributed by atoms with E-state index >= 15 is 0 Å². The summed E-state index contributed by atoms with van der Waals surface area (Å²) in [6.45, 7) is 1.74. The average molecular weight is 495 g/mol. The van der Waals surface area contributed by atoms with Crippen LogP contribution in [0.15, 0.2) is 70.9 Å². The van der Waals surface area contributed by atoms with Crippen LogP contribution in [0.1, 0.15) is 18.7 Å². The highest BCUT2D eigenvalue weighted by Gasteiger charge is 2.27. The fourth-order valence-corrected chi connectivity index (χ4v) is 6.60. The highest BCUT2D eigenvalue weighted by atomic mass is 32.2. The van der Waals surface area contributed by atoms with E-state index in [0.29, 0.717) is 43.3 Å². The van der Waals surface area contributed by atoms with Crippen molar-refractivity contribution >= 4 is 37.4 Å². The molecule has 176 valence electrons. The number of rotatable bonds is 7. The van der Waals surface area contributed by atoms with Gasteiger partial charge in [-0.15, -0.1) is 11.3 Å². The number of nitrogens with zero attached hydrogens (tertiary/aromatic N) is 3. The van der Waals surface area contributed by atoms with Gasteiger partial charge in [-0.3, -0.25) is 0 Å². The van der Waals surface area contributed by atoms with Gasteiger partial charge >= 0.3 is 0 Å². The maximum absolute atomic E-state index is 12.8. The molecule has 4 aromatic rings. The first kappa shape index (κ1) is 22.9. The zero-order chi connectivity index (χ0) is 23.5. The zero-order valence-corrected chi connectivity index (χ0v) is 20.5. The molecule has 5 rings (SSSR count). The number of piperidine rings is 1. The molecule has 2 aromatic heterocycles. The van der Waals surface area contributed by atoms with Crippen molar-refractivity contribution in [3.8, 4) is 11.1 Å². The van der Waals surface area contributed by atoms with E-state index in [1.165, 1.54) is 0 Å². The van der Waals surface area contributed by atoms with E-state index in [9.17, 15) is 8.42 Å². The van der Waals surface area contributed by atoms with Gasteiger partial charge in [-0.1, -0.05) is 48.5 Å². The Morgan fingerprint density at radius 1 is 1.03 bits per heavy atom. The molecule has 0 amide bonds. The first-order valence-electron chi connectivity index (χ1n) is 11.2. The second kappa shape index (κ2) is 9.79. The normalized spacial score (nSPS) is 15.1. The Balaban J connectivity index is 1.41. The number of sulfonamides is 1. The van der Waals surface area contributed by atoms with Gasteiger partial charge in [0.05, 0.1) is 10.3 Å². The second-order valence-corrected chi connectivity index (χ2v) is 10.9. The summed E-state index contributed by atoms with van der Waals surface area (Å²) in [4.78, 5) is 13.1.